The molecule has 4 heterocycles. The molecule has 9 heteroatoms. The highest BCUT2D eigenvalue weighted by Crippen LogP contribution is 2.26. The number of nitrogens with one attached hydrogen (secondary N) is 2. The number of hydrogen-bond donors (Lipinski definition) is 2. The van der Waals surface area contributed by atoms with Crippen molar-refractivity contribution >= 4 is 22.7 Å². The normalized spacial score (nSPS) is 13.6. The number of hydrogen-bond acceptors (Lipinski definition) is 6. The molecule has 0 atom stereocenters. The van der Waals surface area contributed by atoms with E-state index in [0.717, 1.165) is 29.8 Å². The summed E-state index contributed by atoms with van der Waals surface area (Å²) in [6, 6.07) is 9.05. The number of pyridine rings is 1. The third-order valence-electron chi connectivity index (χ3n) is 6.12. The van der Waals surface area contributed by atoms with Crippen molar-refractivity contribution in [3.8, 4) is 5.82 Å². The van der Waals surface area contributed by atoms with Gasteiger partial charge in [-0.25, -0.2) is 23.7 Å². The Morgan fingerprint density at radius 1 is 1.23 bits per heavy atom. The van der Waals surface area contributed by atoms with E-state index in [4.69, 9.17) is 4.98 Å². The van der Waals surface area contributed by atoms with Gasteiger partial charge in [-0.05, 0) is 48.4 Å². The van der Waals surface area contributed by atoms with E-state index < -0.39 is 0 Å². The van der Waals surface area contributed by atoms with Gasteiger partial charge in [-0.3, -0.25) is 4.79 Å². The van der Waals surface area contributed by atoms with E-state index in [9.17, 15) is 9.18 Å². The van der Waals surface area contributed by atoms with Crippen LogP contribution in [0, 0.1) is 5.82 Å². The van der Waals surface area contributed by atoms with Crippen molar-refractivity contribution < 1.29 is 4.39 Å². The first-order valence-corrected chi connectivity index (χ1v) is 11.6. The molecule has 0 amide bonds. The summed E-state index contributed by atoms with van der Waals surface area (Å²) in [5.41, 5.74) is 3.17. The Morgan fingerprint density at radius 2 is 2.06 bits per heavy atom. The number of anilines is 2. The van der Waals surface area contributed by atoms with Crippen LogP contribution in [-0.4, -0.2) is 30.9 Å². The Kier molecular flexibility index (Phi) is 5.72. The maximum absolute atomic E-state index is 14.8. The molecule has 0 fully saturated rings. The van der Waals surface area contributed by atoms with Gasteiger partial charge < -0.3 is 10.6 Å². The predicted molar refractivity (Wildman–Crippen MR) is 135 cm³/mol. The number of benzene rings is 1. The molecular formula is C26H28FN7O. The third-order valence-corrected chi connectivity index (χ3v) is 6.12. The molecule has 1 aromatic carbocycles. The van der Waals surface area contributed by atoms with Crippen molar-refractivity contribution in [2.45, 2.75) is 45.7 Å². The fraction of sp³-hybridized carbons (Fsp3) is 0.308. The average molecular weight is 474 g/mol. The quantitative estimate of drug-likeness (QED) is 0.426. The lowest BCUT2D eigenvalue weighted by molar-refractivity contribution is 0.554. The largest absolute Gasteiger partial charge is 0.322 e. The van der Waals surface area contributed by atoms with Crippen molar-refractivity contribution in [2.24, 2.45) is 0 Å². The van der Waals surface area contributed by atoms with Crippen LogP contribution >= 0.6 is 0 Å². The highest BCUT2D eigenvalue weighted by Gasteiger charge is 2.21. The van der Waals surface area contributed by atoms with Crippen LogP contribution in [0.15, 0.2) is 54.0 Å². The van der Waals surface area contributed by atoms with Crippen molar-refractivity contribution in [3.63, 3.8) is 0 Å². The number of rotatable bonds is 5. The first kappa shape index (κ1) is 22.9. The van der Waals surface area contributed by atoms with Crippen LogP contribution in [0.2, 0.25) is 0 Å². The molecule has 0 saturated heterocycles. The summed E-state index contributed by atoms with van der Waals surface area (Å²) >= 11 is 0. The van der Waals surface area contributed by atoms with Crippen LogP contribution in [-0.2, 0) is 24.9 Å². The SMILES string of the molecule is C=CCn1c(=O)c2cnc(Nc3cc4c(cc3F)CCNC4)nc2n1-c1cccc(C(C)(C)C)n1. The molecule has 2 N–H and O–H groups in total. The topological polar surface area (TPSA) is 89.7 Å². The molecular weight excluding hydrogens is 445 g/mol. The van der Waals surface area contributed by atoms with E-state index in [1.165, 1.54) is 10.9 Å². The van der Waals surface area contributed by atoms with Gasteiger partial charge in [-0.1, -0.05) is 32.9 Å². The summed E-state index contributed by atoms with van der Waals surface area (Å²) in [6.07, 6.45) is 3.90. The van der Waals surface area contributed by atoms with Crippen molar-refractivity contribution in [2.75, 3.05) is 11.9 Å². The highest BCUT2D eigenvalue weighted by molar-refractivity contribution is 5.77. The molecule has 0 saturated carbocycles. The van der Waals surface area contributed by atoms with Crippen molar-refractivity contribution in [1.29, 1.82) is 0 Å². The zero-order valence-electron chi connectivity index (χ0n) is 20.1. The fourth-order valence-electron chi connectivity index (χ4n) is 4.29. The molecule has 0 bridgehead atoms. The molecule has 4 aromatic rings. The first-order valence-electron chi connectivity index (χ1n) is 11.6. The van der Waals surface area contributed by atoms with Crippen LogP contribution in [0.4, 0.5) is 16.0 Å². The Labute approximate surface area is 202 Å². The van der Waals surface area contributed by atoms with E-state index in [0.29, 0.717) is 29.1 Å². The van der Waals surface area contributed by atoms with E-state index in [1.54, 1.807) is 22.9 Å². The van der Waals surface area contributed by atoms with Gasteiger partial charge in [-0.15, -0.1) is 6.58 Å². The molecule has 0 aliphatic carbocycles. The van der Waals surface area contributed by atoms with Crippen molar-refractivity contribution in [1.82, 2.24) is 29.6 Å². The second-order valence-corrected chi connectivity index (χ2v) is 9.70. The van der Waals surface area contributed by atoms with Crippen LogP contribution in [0.25, 0.3) is 16.9 Å². The Balaban J connectivity index is 1.64. The Bertz CT molecular complexity index is 1500. The van der Waals surface area contributed by atoms with Crippen LogP contribution in [0.3, 0.4) is 0 Å². The summed E-state index contributed by atoms with van der Waals surface area (Å²) in [6.45, 7) is 11.8. The molecule has 8 nitrogen and oxygen atoms in total. The summed E-state index contributed by atoms with van der Waals surface area (Å²) < 4.78 is 18.0. The zero-order valence-corrected chi connectivity index (χ0v) is 20.1. The van der Waals surface area contributed by atoms with Crippen LogP contribution < -0.4 is 16.2 Å². The monoisotopic (exact) mass is 473 g/mol. The van der Waals surface area contributed by atoms with E-state index in [2.05, 4.69) is 48.0 Å². The highest BCUT2D eigenvalue weighted by atomic mass is 19.1. The maximum Gasteiger partial charge on any atom is 0.278 e. The van der Waals surface area contributed by atoms with Gasteiger partial charge in [0.1, 0.15) is 11.2 Å². The summed E-state index contributed by atoms with van der Waals surface area (Å²) in [4.78, 5) is 26.9. The lowest BCUT2D eigenvalue weighted by atomic mass is 9.92. The molecule has 1 aliphatic heterocycles. The third kappa shape index (κ3) is 4.23. The number of halogens is 1. The predicted octanol–water partition coefficient (Wildman–Crippen LogP) is 3.99. The standard InChI is InChI=1S/C26H28FN7O/c1-5-11-33-24(35)18-15-29-25(30-20-13-17-14-28-10-9-16(17)12-19(20)27)32-23(18)34(33)22-8-6-7-21(31-22)26(2,3)4/h5-8,12-13,15,28H,1,9-11,14H2,2-4H3,(H,29,30,32). The van der Waals surface area contributed by atoms with Gasteiger partial charge in [0, 0.05) is 23.9 Å². The van der Waals surface area contributed by atoms with Crippen molar-refractivity contribution in [3.05, 3.63) is 82.2 Å². The minimum Gasteiger partial charge on any atom is -0.322 e. The van der Waals surface area contributed by atoms with E-state index in [1.807, 2.05) is 18.2 Å². The number of fused-ring (bicyclic) bond motifs is 2. The molecule has 0 radical (unpaired) electrons. The number of aromatic nitrogens is 5. The Morgan fingerprint density at radius 3 is 2.83 bits per heavy atom. The van der Waals surface area contributed by atoms with Gasteiger partial charge in [0.2, 0.25) is 5.95 Å². The molecule has 0 spiro atoms. The second kappa shape index (κ2) is 8.74. The first-order chi connectivity index (χ1) is 16.8. The molecule has 0 unspecified atom stereocenters. The maximum atomic E-state index is 14.8. The minimum atomic E-state index is -0.365. The molecule has 3 aromatic heterocycles. The number of allylic oxidation sites excluding steroid dienone is 1. The summed E-state index contributed by atoms with van der Waals surface area (Å²) in [7, 11) is 0. The molecule has 1 aliphatic rings. The zero-order chi connectivity index (χ0) is 24.7. The summed E-state index contributed by atoms with van der Waals surface area (Å²) in [5, 5.41) is 6.64. The Hall–Kier alpha value is -3.85. The smallest absolute Gasteiger partial charge is 0.278 e. The van der Waals surface area contributed by atoms with Gasteiger partial charge >= 0.3 is 0 Å². The minimum absolute atomic E-state index is 0.178. The van der Waals surface area contributed by atoms with Gasteiger partial charge in [0.25, 0.3) is 5.56 Å². The molecule has 5 rings (SSSR count). The van der Waals surface area contributed by atoms with Crippen LogP contribution in [0.5, 0.6) is 0 Å². The lowest BCUT2D eigenvalue weighted by Crippen LogP contribution is -2.23. The molecule has 180 valence electrons. The fourth-order valence-corrected chi connectivity index (χ4v) is 4.29. The van der Waals surface area contributed by atoms with Gasteiger partial charge in [0.05, 0.1) is 12.2 Å². The van der Waals surface area contributed by atoms with Gasteiger partial charge in [-0.2, -0.15) is 4.98 Å². The van der Waals surface area contributed by atoms with E-state index >= 15 is 0 Å². The lowest BCUT2D eigenvalue weighted by Gasteiger charge is -2.19. The average Bonchev–Trinajstić information content (AvgIpc) is 3.10. The van der Waals surface area contributed by atoms with Crippen LogP contribution in [0.1, 0.15) is 37.6 Å². The van der Waals surface area contributed by atoms with Gasteiger partial charge in [0.15, 0.2) is 11.5 Å². The number of nitrogens with zero attached hydrogens (tertiary/aromatic N) is 5. The summed E-state index contributed by atoms with van der Waals surface area (Å²) in [5.74, 6) is 0.383. The van der Waals surface area contributed by atoms with E-state index in [-0.39, 0.29) is 29.3 Å². The second-order valence-electron chi connectivity index (χ2n) is 9.70. The molecule has 35 heavy (non-hydrogen) atoms.